The second kappa shape index (κ2) is 11.2. The molecule has 1 saturated carbocycles. The Hall–Kier alpha value is -2.33. The van der Waals surface area contributed by atoms with Crippen LogP contribution in [-0.4, -0.2) is 60.9 Å². The summed E-state index contributed by atoms with van der Waals surface area (Å²) in [6.07, 6.45) is 4.64. The number of anilines is 1. The maximum absolute atomic E-state index is 13.4. The molecule has 37 heavy (non-hydrogen) atoms. The molecule has 10 heteroatoms. The maximum atomic E-state index is 13.4. The van der Waals surface area contributed by atoms with Crippen LogP contribution in [0.15, 0.2) is 23.2 Å². The van der Waals surface area contributed by atoms with E-state index in [1.54, 1.807) is 13.0 Å². The van der Waals surface area contributed by atoms with Crippen molar-refractivity contribution in [2.24, 2.45) is 16.8 Å². The summed E-state index contributed by atoms with van der Waals surface area (Å²) in [6.45, 7) is 5.50. The van der Waals surface area contributed by atoms with E-state index < -0.39 is 21.7 Å². The van der Waals surface area contributed by atoms with Crippen LogP contribution >= 0.6 is 0 Å². The fourth-order valence-electron chi connectivity index (χ4n) is 5.96. The highest BCUT2D eigenvalue weighted by Crippen LogP contribution is 2.37. The lowest BCUT2D eigenvalue weighted by atomic mass is 9.79. The molecule has 0 bridgehead atoms. The Morgan fingerprint density at radius 1 is 1.24 bits per heavy atom. The quantitative estimate of drug-likeness (QED) is 0.530. The van der Waals surface area contributed by atoms with Crippen LogP contribution in [0.1, 0.15) is 69.9 Å². The van der Waals surface area contributed by atoms with Crippen LogP contribution < -0.4 is 10.6 Å². The van der Waals surface area contributed by atoms with Crippen LogP contribution in [0.4, 0.5) is 10.1 Å². The van der Waals surface area contributed by atoms with Gasteiger partial charge in [-0.05, 0) is 94.4 Å². The summed E-state index contributed by atoms with van der Waals surface area (Å²) < 4.78 is 41.0. The third kappa shape index (κ3) is 6.57. The van der Waals surface area contributed by atoms with Gasteiger partial charge < -0.3 is 10.6 Å². The molecule has 8 nitrogen and oxygen atoms in total. The predicted molar refractivity (Wildman–Crippen MR) is 143 cm³/mol. The number of alkyl halides is 1. The number of amidine groups is 1. The van der Waals surface area contributed by atoms with E-state index in [1.807, 2.05) is 19.1 Å². The van der Waals surface area contributed by atoms with E-state index in [0.717, 1.165) is 42.6 Å². The SMILES string of the molecule is CC(=O)Nc1ccc(CCS(=O)(=O)N2CCC3(CC2)N=C(C2CCC(CC(C)F)CC2)NC3=O)c(C)c1. The zero-order valence-electron chi connectivity index (χ0n) is 22.1. The summed E-state index contributed by atoms with van der Waals surface area (Å²) in [5, 5.41) is 5.74. The van der Waals surface area contributed by atoms with Crippen molar-refractivity contribution in [1.29, 1.82) is 0 Å². The number of hydrogen-bond donors (Lipinski definition) is 2. The molecule has 4 rings (SSSR count). The Labute approximate surface area is 219 Å². The molecule has 204 valence electrons. The van der Waals surface area contributed by atoms with Crippen LogP contribution in [0.3, 0.4) is 0 Å². The number of rotatable bonds is 8. The monoisotopic (exact) mass is 534 g/mol. The number of nitrogens with one attached hydrogen (secondary N) is 2. The van der Waals surface area contributed by atoms with Gasteiger partial charge >= 0.3 is 0 Å². The molecule has 2 amide bonds. The van der Waals surface area contributed by atoms with Gasteiger partial charge in [-0.15, -0.1) is 0 Å². The van der Waals surface area contributed by atoms with E-state index in [4.69, 9.17) is 4.99 Å². The molecule has 0 aromatic heterocycles. The van der Waals surface area contributed by atoms with Crippen LogP contribution in [-0.2, 0) is 26.0 Å². The molecule has 1 atom stereocenters. The molecular weight excluding hydrogens is 495 g/mol. The van der Waals surface area contributed by atoms with Crippen molar-refractivity contribution < 1.29 is 22.4 Å². The molecule has 2 heterocycles. The number of carbonyl (C=O) groups is 2. The average Bonchev–Trinajstić information content (AvgIpc) is 3.14. The van der Waals surface area contributed by atoms with Crippen molar-refractivity contribution in [2.75, 3.05) is 24.2 Å². The predicted octanol–water partition coefficient (Wildman–Crippen LogP) is 3.74. The fourth-order valence-corrected chi connectivity index (χ4v) is 7.44. The van der Waals surface area contributed by atoms with Gasteiger partial charge in [-0.3, -0.25) is 14.6 Å². The standard InChI is InChI=1S/C27H39FN4O4S/c1-18-16-24(29-20(3)33)9-8-22(18)10-15-37(35,36)32-13-11-27(12-14-32)26(34)30-25(31-27)23-6-4-21(5-7-23)17-19(2)28/h8-9,16,19,21,23H,4-7,10-15,17H2,1-3H3,(H,29,33)(H,30,31,34). The summed E-state index contributed by atoms with van der Waals surface area (Å²) in [5.41, 5.74) is 1.67. The first-order valence-electron chi connectivity index (χ1n) is 13.4. The minimum Gasteiger partial charge on any atom is -0.326 e. The molecule has 1 aliphatic carbocycles. The Morgan fingerprint density at radius 2 is 1.92 bits per heavy atom. The number of carbonyl (C=O) groups excluding carboxylic acids is 2. The number of piperidine rings is 1. The van der Waals surface area contributed by atoms with Crippen molar-refractivity contribution in [3.05, 3.63) is 29.3 Å². The van der Waals surface area contributed by atoms with Crippen LogP contribution in [0, 0.1) is 18.8 Å². The van der Waals surface area contributed by atoms with Crippen LogP contribution in [0.5, 0.6) is 0 Å². The van der Waals surface area contributed by atoms with Crippen molar-refractivity contribution in [2.45, 2.75) is 83.8 Å². The normalized spacial score (nSPS) is 25.0. The topological polar surface area (TPSA) is 108 Å². The summed E-state index contributed by atoms with van der Waals surface area (Å²) in [6, 6.07) is 5.48. The number of benzene rings is 1. The van der Waals surface area contributed by atoms with Crippen LogP contribution in [0.25, 0.3) is 0 Å². The van der Waals surface area contributed by atoms with Crippen LogP contribution in [0.2, 0.25) is 0 Å². The van der Waals surface area contributed by atoms with Crippen molar-refractivity contribution >= 4 is 33.4 Å². The number of nitrogens with zero attached hydrogens (tertiary/aromatic N) is 2. The van der Waals surface area contributed by atoms with E-state index in [0.29, 0.717) is 37.3 Å². The van der Waals surface area contributed by atoms with Gasteiger partial charge in [0.05, 0.1) is 11.9 Å². The van der Waals surface area contributed by atoms with Crippen molar-refractivity contribution in [1.82, 2.24) is 9.62 Å². The Kier molecular flexibility index (Phi) is 8.38. The molecule has 2 fully saturated rings. The van der Waals surface area contributed by atoms with Gasteiger partial charge in [-0.25, -0.2) is 17.1 Å². The highest BCUT2D eigenvalue weighted by atomic mass is 32.2. The summed E-state index contributed by atoms with van der Waals surface area (Å²) >= 11 is 0. The fraction of sp³-hybridized carbons (Fsp3) is 0.667. The number of amides is 2. The molecule has 2 N–H and O–H groups in total. The van der Waals surface area contributed by atoms with Crippen molar-refractivity contribution in [3.63, 3.8) is 0 Å². The van der Waals surface area contributed by atoms with Gasteiger partial charge in [0.2, 0.25) is 15.9 Å². The van der Waals surface area contributed by atoms with Gasteiger partial charge in [0.25, 0.3) is 5.91 Å². The number of sulfonamides is 1. The minimum atomic E-state index is -3.49. The first-order chi connectivity index (χ1) is 17.5. The van der Waals surface area contributed by atoms with Gasteiger partial charge in [-0.2, -0.15) is 0 Å². The third-order valence-electron chi connectivity index (χ3n) is 8.13. The second-order valence-electron chi connectivity index (χ2n) is 11.0. The van der Waals surface area contributed by atoms with Gasteiger partial charge in [0.1, 0.15) is 11.4 Å². The summed E-state index contributed by atoms with van der Waals surface area (Å²) in [7, 11) is -3.49. The van der Waals surface area contributed by atoms with E-state index in [1.165, 1.54) is 11.2 Å². The number of hydrogen-bond acceptors (Lipinski definition) is 5. The number of aryl methyl sites for hydroxylation is 2. The van der Waals surface area contributed by atoms with Crippen molar-refractivity contribution in [3.8, 4) is 0 Å². The molecular formula is C27H39FN4O4S. The largest absolute Gasteiger partial charge is 0.326 e. The molecule has 2 aliphatic heterocycles. The Morgan fingerprint density at radius 3 is 2.51 bits per heavy atom. The van der Waals surface area contributed by atoms with E-state index >= 15 is 0 Å². The van der Waals surface area contributed by atoms with Gasteiger partial charge in [-0.1, -0.05) is 6.07 Å². The van der Waals surface area contributed by atoms with E-state index in [9.17, 15) is 22.4 Å². The lowest BCUT2D eigenvalue weighted by Gasteiger charge is -2.34. The molecule has 1 unspecified atom stereocenters. The zero-order chi connectivity index (χ0) is 26.8. The maximum Gasteiger partial charge on any atom is 0.253 e. The number of aliphatic imine (C=N–C) groups is 1. The lowest BCUT2D eigenvalue weighted by molar-refractivity contribution is -0.125. The number of halogens is 1. The van der Waals surface area contributed by atoms with E-state index in [2.05, 4.69) is 10.6 Å². The summed E-state index contributed by atoms with van der Waals surface area (Å²) in [5.74, 6) is 1.05. The highest BCUT2D eigenvalue weighted by Gasteiger charge is 2.48. The smallest absolute Gasteiger partial charge is 0.253 e. The molecule has 1 aromatic rings. The summed E-state index contributed by atoms with van der Waals surface area (Å²) in [4.78, 5) is 29.1. The highest BCUT2D eigenvalue weighted by molar-refractivity contribution is 7.89. The molecule has 0 radical (unpaired) electrons. The average molecular weight is 535 g/mol. The molecule has 3 aliphatic rings. The van der Waals surface area contributed by atoms with Gasteiger partial charge in [0, 0.05) is 31.6 Å². The molecule has 1 aromatic carbocycles. The van der Waals surface area contributed by atoms with Gasteiger partial charge in [0.15, 0.2) is 0 Å². The minimum absolute atomic E-state index is 0.0121. The Bertz CT molecular complexity index is 1150. The molecule has 1 spiro atoms. The molecule has 1 saturated heterocycles. The Balaban J connectivity index is 1.32. The first-order valence-corrected chi connectivity index (χ1v) is 15.0. The first kappa shape index (κ1) is 27.7. The lowest BCUT2D eigenvalue weighted by Crippen LogP contribution is -2.51. The van der Waals surface area contributed by atoms with E-state index in [-0.39, 0.29) is 36.6 Å². The second-order valence-corrected chi connectivity index (χ2v) is 13.1. The zero-order valence-corrected chi connectivity index (χ0v) is 22.9. The third-order valence-corrected chi connectivity index (χ3v) is 10.00.